The zero-order valence-corrected chi connectivity index (χ0v) is 10.2. The van der Waals surface area contributed by atoms with E-state index in [1.54, 1.807) is 11.0 Å². The van der Waals surface area contributed by atoms with Gasteiger partial charge in [-0.25, -0.2) is 0 Å². The summed E-state index contributed by atoms with van der Waals surface area (Å²) >= 11 is 0. The number of amides is 1. The number of carbonyl (C=O) groups excluding carboxylic acids is 1. The Morgan fingerprint density at radius 3 is 2.53 bits per heavy atom. The standard InChI is InChI=1S/C12H24N2O/c1-5-7-14(8-6-2)12(15)11(13)9-10(3)4/h5,10-11H,1,6-9,13H2,2-4H3. The van der Waals surface area contributed by atoms with Crippen molar-refractivity contribution in [2.45, 2.75) is 39.7 Å². The second kappa shape index (κ2) is 7.46. The van der Waals surface area contributed by atoms with Crippen LogP contribution >= 0.6 is 0 Å². The number of hydrogen-bond donors (Lipinski definition) is 1. The van der Waals surface area contributed by atoms with Gasteiger partial charge in [0, 0.05) is 13.1 Å². The third-order valence-electron chi connectivity index (χ3n) is 2.20. The maximum Gasteiger partial charge on any atom is 0.239 e. The smallest absolute Gasteiger partial charge is 0.239 e. The second-order valence-corrected chi connectivity index (χ2v) is 4.31. The molecule has 0 saturated heterocycles. The second-order valence-electron chi connectivity index (χ2n) is 4.31. The van der Waals surface area contributed by atoms with Crippen molar-refractivity contribution in [1.29, 1.82) is 0 Å². The fraction of sp³-hybridized carbons (Fsp3) is 0.750. The van der Waals surface area contributed by atoms with Gasteiger partial charge in [-0.05, 0) is 18.8 Å². The molecule has 0 aliphatic carbocycles. The van der Waals surface area contributed by atoms with Crippen LogP contribution in [-0.2, 0) is 4.79 Å². The van der Waals surface area contributed by atoms with E-state index in [-0.39, 0.29) is 11.9 Å². The lowest BCUT2D eigenvalue weighted by molar-refractivity contribution is -0.132. The van der Waals surface area contributed by atoms with E-state index < -0.39 is 0 Å². The predicted octanol–water partition coefficient (Wildman–Crippen LogP) is 1.78. The Balaban J connectivity index is 4.27. The molecule has 3 nitrogen and oxygen atoms in total. The first-order valence-electron chi connectivity index (χ1n) is 5.68. The highest BCUT2D eigenvalue weighted by molar-refractivity contribution is 5.81. The van der Waals surface area contributed by atoms with Crippen molar-refractivity contribution in [2.24, 2.45) is 11.7 Å². The summed E-state index contributed by atoms with van der Waals surface area (Å²) in [6.45, 7) is 11.2. The van der Waals surface area contributed by atoms with E-state index >= 15 is 0 Å². The first-order chi connectivity index (χ1) is 7.02. The first-order valence-corrected chi connectivity index (χ1v) is 5.68. The molecule has 0 spiro atoms. The van der Waals surface area contributed by atoms with Crippen LogP contribution in [0, 0.1) is 5.92 Å². The molecule has 1 unspecified atom stereocenters. The Morgan fingerprint density at radius 2 is 2.13 bits per heavy atom. The van der Waals surface area contributed by atoms with Crippen molar-refractivity contribution in [3.63, 3.8) is 0 Å². The molecule has 1 amide bonds. The molecule has 0 radical (unpaired) electrons. The molecular weight excluding hydrogens is 188 g/mol. The minimum atomic E-state index is -0.364. The van der Waals surface area contributed by atoms with E-state index in [4.69, 9.17) is 5.73 Å². The molecule has 0 bridgehead atoms. The van der Waals surface area contributed by atoms with E-state index in [1.165, 1.54) is 0 Å². The lowest BCUT2D eigenvalue weighted by Crippen LogP contribution is -2.44. The normalized spacial score (nSPS) is 12.6. The van der Waals surface area contributed by atoms with Gasteiger partial charge in [0.25, 0.3) is 0 Å². The Kier molecular flexibility index (Phi) is 7.05. The van der Waals surface area contributed by atoms with E-state index in [2.05, 4.69) is 27.4 Å². The van der Waals surface area contributed by atoms with Crippen LogP contribution in [0.5, 0.6) is 0 Å². The number of carbonyl (C=O) groups is 1. The summed E-state index contributed by atoms with van der Waals surface area (Å²) < 4.78 is 0. The maximum atomic E-state index is 11.9. The quantitative estimate of drug-likeness (QED) is 0.654. The van der Waals surface area contributed by atoms with Crippen molar-refractivity contribution in [3.8, 4) is 0 Å². The molecule has 3 heteroatoms. The summed E-state index contributed by atoms with van der Waals surface area (Å²) in [6, 6.07) is -0.364. The fourth-order valence-electron chi connectivity index (χ4n) is 1.56. The summed E-state index contributed by atoms with van der Waals surface area (Å²) in [5, 5.41) is 0. The van der Waals surface area contributed by atoms with Crippen molar-refractivity contribution < 1.29 is 4.79 Å². The Hall–Kier alpha value is -0.830. The summed E-state index contributed by atoms with van der Waals surface area (Å²) in [5.74, 6) is 0.501. The highest BCUT2D eigenvalue weighted by atomic mass is 16.2. The van der Waals surface area contributed by atoms with Gasteiger partial charge in [-0.1, -0.05) is 26.8 Å². The minimum absolute atomic E-state index is 0.0467. The summed E-state index contributed by atoms with van der Waals surface area (Å²) in [4.78, 5) is 13.7. The Bertz CT molecular complexity index is 202. The Morgan fingerprint density at radius 1 is 1.53 bits per heavy atom. The van der Waals surface area contributed by atoms with Gasteiger partial charge in [0.2, 0.25) is 5.91 Å². The van der Waals surface area contributed by atoms with Gasteiger partial charge < -0.3 is 10.6 Å². The summed E-state index contributed by atoms with van der Waals surface area (Å²) in [7, 11) is 0. The average molecular weight is 212 g/mol. The molecule has 15 heavy (non-hydrogen) atoms. The lowest BCUT2D eigenvalue weighted by atomic mass is 10.0. The van der Waals surface area contributed by atoms with Crippen LogP contribution in [-0.4, -0.2) is 29.9 Å². The molecule has 0 aromatic carbocycles. The van der Waals surface area contributed by atoms with Crippen molar-refractivity contribution in [3.05, 3.63) is 12.7 Å². The van der Waals surface area contributed by atoms with Crippen LogP contribution in [0.15, 0.2) is 12.7 Å². The monoisotopic (exact) mass is 212 g/mol. The largest absolute Gasteiger partial charge is 0.338 e. The van der Waals surface area contributed by atoms with Gasteiger partial charge >= 0.3 is 0 Å². The zero-order valence-electron chi connectivity index (χ0n) is 10.2. The summed E-state index contributed by atoms with van der Waals surface area (Å²) in [5.41, 5.74) is 5.85. The average Bonchev–Trinajstić information content (AvgIpc) is 2.15. The minimum Gasteiger partial charge on any atom is -0.338 e. The van der Waals surface area contributed by atoms with Gasteiger partial charge in [-0.2, -0.15) is 0 Å². The van der Waals surface area contributed by atoms with Crippen LogP contribution in [0.2, 0.25) is 0 Å². The molecule has 0 saturated carbocycles. The molecule has 2 N–H and O–H groups in total. The van der Waals surface area contributed by atoms with Gasteiger partial charge in [0.05, 0.1) is 6.04 Å². The molecule has 0 aromatic rings. The Labute approximate surface area is 93.3 Å². The third-order valence-corrected chi connectivity index (χ3v) is 2.20. The molecule has 0 aliphatic heterocycles. The molecule has 0 aliphatic rings. The highest BCUT2D eigenvalue weighted by Crippen LogP contribution is 2.06. The summed E-state index contributed by atoms with van der Waals surface area (Å²) in [6.07, 6.45) is 3.44. The number of hydrogen-bond acceptors (Lipinski definition) is 2. The predicted molar refractivity (Wildman–Crippen MR) is 64.5 cm³/mol. The van der Waals surface area contributed by atoms with Crippen LogP contribution in [0.25, 0.3) is 0 Å². The van der Waals surface area contributed by atoms with Crippen LogP contribution in [0.4, 0.5) is 0 Å². The number of nitrogens with zero attached hydrogens (tertiary/aromatic N) is 1. The molecule has 1 atom stereocenters. The van der Waals surface area contributed by atoms with E-state index in [1.807, 2.05) is 0 Å². The van der Waals surface area contributed by atoms with Crippen LogP contribution in [0.3, 0.4) is 0 Å². The van der Waals surface area contributed by atoms with E-state index in [9.17, 15) is 4.79 Å². The molecule has 0 heterocycles. The maximum absolute atomic E-state index is 11.9. The van der Waals surface area contributed by atoms with Crippen molar-refractivity contribution in [2.75, 3.05) is 13.1 Å². The number of nitrogens with two attached hydrogens (primary N) is 1. The fourth-order valence-corrected chi connectivity index (χ4v) is 1.56. The van der Waals surface area contributed by atoms with Gasteiger partial charge in [-0.15, -0.1) is 6.58 Å². The molecule has 0 aromatic heterocycles. The van der Waals surface area contributed by atoms with Gasteiger partial charge in [0.1, 0.15) is 0 Å². The molecule has 88 valence electrons. The van der Waals surface area contributed by atoms with Crippen molar-refractivity contribution in [1.82, 2.24) is 4.90 Å². The molecule has 0 rings (SSSR count). The number of rotatable bonds is 7. The molecular formula is C12H24N2O. The van der Waals surface area contributed by atoms with E-state index in [0.717, 1.165) is 19.4 Å². The van der Waals surface area contributed by atoms with Gasteiger partial charge in [-0.3, -0.25) is 4.79 Å². The lowest BCUT2D eigenvalue weighted by Gasteiger charge is -2.24. The van der Waals surface area contributed by atoms with Gasteiger partial charge in [0.15, 0.2) is 0 Å². The first kappa shape index (κ1) is 14.2. The molecule has 0 fully saturated rings. The topological polar surface area (TPSA) is 46.3 Å². The van der Waals surface area contributed by atoms with Crippen LogP contribution in [0.1, 0.15) is 33.6 Å². The van der Waals surface area contributed by atoms with E-state index in [0.29, 0.717) is 12.5 Å². The third kappa shape index (κ3) is 5.57. The van der Waals surface area contributed by atoms with Crippen LogP contribution < -0.4 is 5.73 Å². The SMILES string of the molecule is C=CCN(CCC)C(=O)C(N)CC(C)C. The zero-order chi connectivity index (χ0) is 11.8. The highest BCUT2D eigenvalue weighted by Gasteiger charge is 2.20. The van der Waals surface area contributed by atoms with Crippen molar-refractivity contribution >= 4 is 5.91 Å².